The van der Waals surface area contributed by atoms with Crippen LogP contribution in [0.4, 0.5) is 5.69 Å². The number of para-hydroxylation sites is 1. The minimum Gasteiger partial charge on any atom is -0.348 e. The van der Waals surface area contributed by atoms with Gasteiger partial charge in [-0.05, 0) is 66.4 Å². The van der Waals surface area contributed by atoms with Crippen molar-refractivity contribution in [3.63, 3.8) is 0 Å². The first-order valence-corrected chi connectivity index (χ1v) is 13.1. The Bertz CT molecular complexity index is 1480. The van der Waals surface area contributed by atoms with Gasteiger partial charge in [-0.1, -0.05) is 90.1 Å². The lowest BCUT2D eigenvalue weighted by molar-refractivity contribution is -0.114. The number of rotatable bonds is 6. The normalized spacial score (nSPS) is 13.9. The van der Waals surface area contributed by atoms with Crippen molar-refractivity contribution in [3.05, 3.63) is 135 Å². The molecule has 0 unspecified atom stereocenters. The van der Waals surface area contributed by atoms with Crippen molar-refractivity contribution in [3.8, 4) is 0 Å². The average molecular weight is 505 g/mol. The summed E-state index contributed by atoms with van der Waals surface area (Å²) in [6.45, 7) is 5.15. The van der Waals surface area contributed by atoms with Gasteiger partial charge in [0, 0.05) is 17.0 Å². The van der Waals surface area contributed by atoms with E-state index in [-0.39, 0.29) is 11.8 Å². The molecule has 1 aliphatic rings. The van der Waals surface area contributed by atoms with E-state index in [1.165, 1.54) is 22.9 Å². The number of carbonyl (C=O) groups is 2. The van der Waals surface area contributed by atoms with Gasteiger partial charge in [0.2, 0.25) is 0 Å². The maximum absolute atomic E-state index is 13.7. The van der Waals surface area contributed by atoms with E-state index in [2.05, 4.69) is 43.4 Å². The molecule has 5 rings (SSSR count). The van der Waals surface area contributed by atoms with Crippen LogP contribution in [0.1, 0.15) is 38.2 Å². The predicted octanol–water partition coefficient (Wildman–Crippen LogP) is 6.91. The lowest BCUT2D eigenvalue weighted by Crippen LogP contribution is -2.34. The largest absolute Gasteiger partial charge is 0.348 e. The maximum atomic E-state index is 13.7. The highest BCUT2D eigenvalue weighted by Gasteiger charge is 2.29. The molecule has 0 bridgehead atoms. The molecule has 0 fully saturated rings. The summed E-state index contributed by atoms with van der Waals surface area (Å²) in [4.78, 5) is 29.8. The second-order valence-electron chi connectivity index (χ2n) is 9.19. The van der Waals surface area contributed by atoms with Gasteiger partial charge in [-0.2, -0.15) is 0 Å². The first-order valence-electron chi connectivity index (χ1n) is 12.3. The van der Waals surface area contributed by atoms with Crippen LogP contribution in [-0.2, 0) is 17.9 Å². The lowest BCUT2D eigenvalue weighted by Gasteiger charge is -2.31. The quantitative estimate of drug-likeness (QED) is 0.290. The minimum atomic E-state index is -0.125. The molecule has 1 aliphatic heterocycles. The van der Waals surface area contributed by atoms with Crippen LogP contribution in [0.15, 0.2) is 107 Å². The van der Waals surface area contributed by atoms with Crippen LogP contribution in [0.2, 0.25) is 0 Å². The Morgan fingerprint density at radius 3 is 2.41 bits per heavy atom. The molecule has 0 saturated heterocycles. The smallest absolute Gasteiger partial charge is 0.265 e. The van der Waals surface area contributed by atoms with Gasteiger partial charge in [0.25, 0.3) is 11.8 Å². The molecule has 0 radical (unpaired) electrons. The highest BCUT2D eigenvalue weighted by atomic mass is 32.2. The number of aryl methyl sites for hydroxylation is 2. The van der Waals surface area contributed by atoms with Crippen molar-refractivity contribution in [1.29, 1.82) is 0 Å². The molecule has 0 atom stereocenters. The number of fused-ring (bicyclic) bond motifs is 1. The third kappa shape index (κ3) is 5.68. The standard InChI is InChI=1S/C32H28N2O2S/c1-22-12-13-23(2)27(18-22)21-34-28-10-6-7-11-29(28)37-30(32(34)36)19-24-14-16-26(17-15-24)31(35)33-20-25-8-4-3-5-9-25/h3-19H,20-21H2,1-2H3,(H,33,35). The molecular weight excluding hydrogens is 476 g/mol. The summed E-state index contributed by atoms with van der Waals surface area (Å²) < 4.78 is 0. The van der Waals surface area contributed by atoms with Crippen molar-refractivity contribution < 1.29 is 9.59 Å². The molecule has 1 N–H and O–H groups in total. The molecule has 4 nitrogen and oxygen atoms in total. The van der Waals surface area contributed by atoms with Crippen LogP contribution in [0.5, 0.6) is 0 Å². The van der Waals surface area contributed by atoms with Gasteiger partial charge in [-0.25, -0.2) is 0 Å². The van der Waals surface area contributed by atoms with E-state index in [1.54, 1.807) is 12.1 Å². The van der Waals surface area contributed by atoms with E-state index < -0.39 is 0 Å². The maximum Gasteiger partial charge on any atom is 0.265 e. The number of nitrogens with zero attached hydrogens (tertiary/aromatic N) is 1. The molecular formula is C32H28N2O2S. The molecule has 4 aromatic carbocycles. The van der Waals surface area contributed by atoms with Gasteiger partial charge >= 0.3 is 0 Å². The van der Waals surface area contributed by atoms with E-state index in [1.807, 2.05) is 71.6 Å². The SMILES string of the molecule is Cc1ccc(C)c(CN2C(=O)C(=Cc3ccc(C(=O)NCc4ccccc4)cc3)Sc3ccccc32)c1. The minimum absolute atomic E-state index is 0.0192. The van der Waals surface area contributed by atoms with Crippen LogP contribution in [0.25, 0.3) is 6.08 Å². The highest BCUT2D eigenvalue weighted by Crippen LogP contribution is 2.42. The topological polar surface area (TPSA) is 49.4 Å². The summed E-state index contributed by atoms with van der Waals surface area (Å²) >= 11 is 1.49. The Morgan fingerprint density at radius 1 is 0.892 bits per heavy atom. The second kappa shape index (κ2) is 10.9. The average Bonchev–Trinajstić information content (AvgIpc) is 2.92. The fraction of sp³-hybridized carbons (Fsp3) is 0.125. The Morgan fingerprint density at radius 2 is 1.62 bits per heavy atom. The summed E-state index contributed by atoms with van der Waals surface area (Å²) in [7, 11) is 0. The van der Waals surface area contributed by atoms with E-state index in [4.69, 9.17) is 0 Å². The van der Waals surface area contributed by atoms with Gasteiger partial charge in [-0.15, -0.1) is 0 Å². The zero-order chi connectivity index (χ0) is 25.8. The number of hydrogen-bond donors (Lipinski definition) is 1. The number of carbonyl (C=O) groups excluding carboxylic acids is 2. The first-order chi connectivity index (χ1) is 18.0. The Labute approximate surface area is 222 Å². The zero-order valence-corrected chi connectivity index (χ0v) is 21.7. The fourth-order valence-corrected chi connectivity index (χ4v) is 5.38. The number of anilines is 1. The van der Waals surface area contributed by atoms with Gasteiger partial charge in [0.15, 0.2) is 0 Å². The van der Waals surface area contributed by atoms with Crippen molar-refractivity contribution in [2.45, 2.75) is 31.8 Å². The Hall–Kier alpha value is -4.09. The van der Waals surface area contributed by atoms with Gasteiger partial charge in [0.1, 0.15) is 0 Å². The van der Waals surface area contributed by atoms with Gasteiger partial charge in [0.05, 0.1) is 17.1 Å². The number of benzene rings is 4. The Kier molecular flexibility index (Phi) is 7.24. The number of hydrogen-bond acceptors (Lipinski definition) is 3. The van der Waals surface area contributed by atoms with E-state index in [0.29, 0.717) is 23.6 Å². The monoisotopic (exact) mass is 504 g/mol. The predicted molar refractivity (Wildman–Crippen MR) is 151 cm³/mol. The third-order valence-electron chi connectivity index (χ3n) is 6.43. The van der Waals surface area contributed by atoms with Crippen molar-refractivity contribution in [1.82, 2.24) is 5.32 Å². The molecule has 2 amide bonds. The number of amides is 2. The fourth-order valence-electron chi connectivity index (χ4n) is 4.32. The summed E-state index contributed by atoms with van der Waals surface area (Å²) in [6.07, 6.45) is 1.91. The van der Waals surface area contributed by atoms with E-state index >= 15 is 0 Å². The molecule has 0 spiro atoms. The summed E-state index contributed by atoms with van der Waals surface area (Å²) in [5.41, 5.74) is 6.93. The molecule has 4 aromatic rings. The molecule has 5 heteroatoms. The zero-order valence-electron chi connectivity index (χ0n) is 20.9. The summed E-state index contributed by atoms with van der Waals surface area (Å²) in [6, 6.07) is 31.6. The van der Waals surface area contributed by atoms with Crippen molar-refractivity contribution in [2.24, 2.45) is 0 Å². The highest BCUT2D eigenvalue weighted by molar-refractivity contribution is 8.04. The van der Waals surface area contributed by atoms with Crippen LogP contribution >= 0.6 is 11.8 Å². The molecule has 1 heterocycles. The van der Waals surface area contributed by atoms with Crippen LogP contribution in [0.3, 0.4) is 0 Å². The van der Waals surface area contributed by atoms with E-state index in [0.717, 1.165) is 27.3 Å². The molecule has 0 aromatic heterocycles. The first kappa shape index (κ1) is 24.6. The number of nitrogens with one attached hydrogen (secondary N) is 1. The van der Waals surface area contributed by atoms with E-state index in [9.17, 15) is 9.59 Å². The molecule has 37 heavy (non-hydrogen) atoms. The van der Waals surface area contributed by atoms with Crippen LogP contribution in [0, 0.1) is 13.8 Å². The van der Waals surface area contributed by atoms with Crippen molar-refractivity contribution in [2.75, 3.05) is 4.90 Å². The molecule has 0 saturated carbocycles. The Balaban J connectivity index is 1.36. The summed E-state index contributed by atoms with van der Waals surface area (Å²) in [5, 5.41) is 2.95. The van der Waals surface area contributed by atoms with Crippen LogP contribution < -0.4 is 10.2 Å². The molecule has 184 valence electrons. The van der Waals surface area contributed by atoms with Crippen LogP contribution in [-0.4, -0.2) is 11.8 Å². The summed E-state index contributed by atoms with van der Waals surface area (Å²) in [5.74, 6) is -0.144. The van der Waals surface area contributed by atoms with Crippen molar-refractivity contribution >= 4 is 35.3 Å². The number of thioether (sulfide) groups is 1. The van der Waals surface area contributed by atoms with Gasteiger partial charge < -0.3 is 10.2 Å². The molecule has 0 aliphatic carbocycles. The van der Waals surface area contributed by atoms with Gasteiger partial charge in [-0.3, -0.25) is 9.59 Å². The second-order valence-corrected chi connectivity index (χ2v) is 10.3. The lowest BCUT2D eigenvalue weighted by atomic mass is 10.0. The third-order valence-corrected chi connectivity index (χ3v) is 7.51.